The summed E-state index contributed by atoms with van der Waals surface area (Å²) < 4.78 is 12.9. The maximum Gasteiger partial charge on any atom is 0.238 e. The van der Waals surface area contributed by atoms with Crippen molar-refractivity contribution in [3.05, 3.63) is 85.0 Å². The number of rotatable bonds is 5. The number of ether oxygens (including phenoxy) is 2. The molecule has 230 valence electrons. The van der Waals surface area contributed by atoms with Gasteiger partial charge in [0.15, 0.2) is 11.5 Å². The highest BCUT2D eigenvalue weighted by atomic mass is 127. The van der Waals surface area contributed by atoms with E-state index in [4.69, 9.17) is 9.47 Å². The molecule has 1 saturated carbocycles. The number of anilines is 2. The van der Waals surface area contributed by atoms with E-state index in [1.54, 1.807) is 36.4 Å². The number of carbonyl (C=O) groups excluding carboxylic acids is 4. The van der Waals surface area contributed by atoms with E-state index in [1.807, 2.05) is 30.3 Å². The summed E-state index contributed by atoms with van der Waals surface area (Å²) in [6.07, 6.45) is 2.60. The molecular formula is C34H28I2N2O7. The second-order valence-corrected chi connectivity index (χ2v) is 14.3. The normalized spacial score (nSPS) is 27.2. The Morgan fingerprint density at radius 2 is 1.18 bits per heavy atom. The summed E-state index contributed by atoms with van der Waals surface area (Å²) in [5.41, 5.74) is 2.49. The van der Waals surface area contributed by atoms with E-state index in [-0.39, 0.29) is 47.3 Å². The fraction of sp³-hybridized carbons (Fsp3) is 0.294. The highest BCUT2D eigenvalue weighted by molar-refractivity contribution is 14.1. The summed E-state index contributed by atoms with van der Waals surface area (Å²) in [5, 5.41) is 10.7. The van der Waals surface area contributed by atoms with E-state index in [0.717, 1.165) is 12.7 Å². The summed E-state index contributed by atoms with van der Waals surface area (Å²) in [5.74, 6) is -4.78. The molecule has 0 radical (unpaired) electrons. The van der Waals surface area contributed by atoms with Crippen molar-refractivity contribution in [2.75, 3.05) is 24.0 Å². The highest BCUT2D eigenvalue weighted by Crippen LogP contribution is 2.59. The molecule has 4 aliphatic rings. The van der Waals surface area contributed by atoms with Gasteiger partial charge >= 0.3 is 0 Å². The standard InChI is InChI=1S/C34H28I2N2O7/c1-44-25-13-16(14-26(45-2)30(25)39)27-21-11-12-22-28(33(42)37(31(22)40)19-7-3-17(35)4-8-19)23(21)15-24-29(27)34(43)38(32(24)41)20-9-5-18(36)6-10-20/h3-11,13-14,22-24,27-29,39H,12,15H2,1-2H3/t22-,23+,24+,27-,28-,29+/m0/s1. The second-order valence-electron chi connectivity index (χ2n) is 11.8. The number of aromatic hydroxyl groups is 1. The smallest absolute Gasteiger partial charge is 0.238 e. The van der Waals surface area contributed by atoms with Gasteiger partial charge in [-0.2, -0.15) is 0 Å². The highest BCUT2D eigenvalue weighted by Gasteiger charge is 2.62. The lowest BCUT2D eigenvalue weighted by molar-refractivity contribution is -0.126. The number of imide groups is 2. The number of phenols is 1. The average Bonchev–Trinajstić information content (AvgIpc) is 3.44. The van der Waals surface area contributed by atoms with Crippen molar-refractivity contribution in [3.63, 3.8) is 0 Å². The minimum Gasteiger partial charge on any atom is -0.502 e. The van der Waals surface area contributed by atoms with Gasteiger partial charge in [0.05, 0.1) is 49.3 Å². The lowest BCUT2D eigenvalue weighted by Gasteiger charge is -2.44. The lowest BCUT2D eigenvalue weighted by atomic mass is 9.57. The largest absolute Gasteiger partial charge is 0.502 e. The zero-order valence-corrected chi connectivity index (χ0v) is 28.6. The van der Waals surface area contributed by atoms with Crippen LogP contribution in [0.15, 0.2) is 72.3 Å². The van der Waals surface area contributed by atoms with E-state index in [9.17, 15) is 24.3 Å². The van der Waals surface area contributed by atoms with Crippen molar-refractivity contribution in [2.24, 2.45) is 29.6 Å². The van der Waals surface area contributed by atoms with Crippen molar-refractivity contribution < 1.29 is 33.8 Å². The number of nitrogens with zero attached hydrogens (tertiary/aromatic N) is 2. The maximum absolute atomic E-state index is 14.3. The molecule has 3 aromatic carbocycles. The molecule has 2 aliphatic carbocycles. The molecule has 11 heteroatoms. The monoisotopic (exact) mass is 830 g/mol. The minimum absolute atomic E-state index is 0.167. The van der Waals surface area contributed by atoms with Crippen molar-refractivity contribution in [2.45, 2.75) is 18.8 Å². The van der Waals surface area contributed by atoms with Crippen LogP contribution in [0.4, 0.5) is 11.4 Å². The summed E-state index contributed by atoms with van der Waals surface area (Å²) in [7, 11) is 2.86. The SMILES string of the molecule is COc1cc([C@H]2C3=CC[C@@H]4C(=O)N(c5ccc(I)cc5)C(=O)[C@@H]4[C@@H]3C[C@H]3C(=O)N(c4ccc(I)cc4)C(=O)[C@@H]23)cc(OC)c1O. The van der Waals surface area contributed by atoms with Crippen molar-refractivity contribution in [1.29, 1.82) is 0 Å². The van der Waals surface area contributed by atoms with Crippen LogP contribution in [-0.4, -0.2) is 43.0 Å². The average molecular weight is 830 g/mol. The molecule has 2 aliphatic heterocycles. The number of phenolic OH excluding ortho intramolecular Hbond substituents is 1. The molecule has 0 bridgehead atoms. The van der Waals surface area contributed by atoms with Gasteiger partial charge in [0.25, 0.3) is 0 Å². The molecule has 0 spiro atoms. The van der Waals surface area contributed by atoms with Crippen molar-refractivity contribution in [1.82, 2.24) is 0 Å². The maximum atomic E-state index is 14.3. The zero-order valence-electron chi connectivity index (χ0n) is 24.3. The Hall–Kier alpha value is -3.46. The molecule has 9 nitrogen and oxygen atoms in total. The van der Waals surface area contributed by atoms with Gasteiger partial charge in [0.2, 0.25) is 29.4 Å². The molecule has 3 fully saturated rings. The van der Waals surface area contributed by atoms with Crippen molar-refractivity contribution in [3.8, 4) is 17.2 Å². The third kappa shape index (κ3) is 4.67. The Balaban J connectivity index is 1.36. The third-order valence-electron chi connectivity index (χ3n) is 9.68. The molecule has 2 saturated heterocycles. The molecule has 7 rings (SSSR count). The van der Waals surface area contributed by atoms with E-state index in [2.05, 4.69) is 45.2 Å². The first-order valence-corrected chi connectivity index (χ1v) is 16.7. The van der Waals surface area contributed by atoms with Gasteiger partial charge < -0.3 is 14.6 Å². The summed E-state index contributed by atoms with van der Waals surface area (Å²) in [4.78, 5) is 59.0. The second kappa shape index (κ2) is 11.4. The number of amides is 4. The van der Waals surface area contributed by atoms with Gasteiger partial charge in [-0.3, -0.25) is 29.0 Å². The van der Waals surface area contributed by atoms with Crippen LogP contribution in [0.3, 0.4) is 0 Å². The fourth-order valence-corrected chi connectivity index (χ4v) is 8.47. The predicted molar refractivity (Wildman–Crippen MR) is 182 cm³/mol. The van der Waals surface area contributed by atoms with Crippen LogP contribution in [0, 0.1) is 36.7 Å². The quantitative estimate of drug-likeness (QED) is 0.201. The molecule has 45 heavy (non-hydrogen) atoms. The Bertz CT molecular complexity index is 1760. The lowest BCUT2D eigenvalue weighted by Crippen LogP contribution is -2.43. The third-order valence-corrected chi connectivity index (χ3v) is 11.1. The summed E-state index contributed by atoms with van der Waals surface area (Å²) in [6, 6.07) is 17.8. The van der Waals surface area contributed by atoms with Crippen molar-refractivity contribution >= 4 is 80.2 Å². The van der Waals surface area contributed by atoms with E-state index >= 15 is 0 Å². The van der Waals surface area contributed by atoms with Gasteiger partial charge in [0, 0.05) is 13.1 Å². The van der Waals surface area contributed by atoms with E-state index in [1.165, 1.54) is 24.0 Å². The number of benzene rings is 3. The Morgan fingerprint density at radius 1 is 0.689 bits per heavy atom. The summed E-state index contributed by atoms with van der Waals surface area (Å²) >= 11 is 4.35. The number of allylic oxidation sites excluding steroid dienone is 2. The number of carbonyl (C=O) groups is 4. The topological polar surface area (TPSA) is 113 Å². The number of hydrogen-bond donors (Lipinski definition) is 1. The van der Waals surface area contributed by atoms with Crippen LogP contribution < -0.4 is 19.3 Å². The van der Waals surface area contributed by atoms with Crippen LogP contribution in [0.1, 0.15) is 24.3 Å². The molecule has 6 atom stereocenters. The van der Waals surface area contributed by atoms with Gasteiger partial charge in [-0.05, 0) is 130 Å². The molecule has 1 N–H and O–H groups in total. The first kappa shape index (κ1) is 30.2. The van der Waals surface area contributed by atoms with Crippen LogP contribution in [0.5, 0.6) is 17.2 Å². The van der Waals surface area contributed by atoms with Crippen LogP contribution in [0.25, 0.3) is 0 Å². The van der Waals surface area contributed by atoms with Crippen LogP contribution in [0.2, 0.25) is 0 Å². The first-order valence-electron chi connectivity index (χ1n) is 14.6. The predicted octanol–water partition coefficient (Wildman–Crippen LogP) is 5.66. The van der Waals surface area contributed by atoms with Gasteiger partial charge in [-0.15, -0.1) is 0 Å². The first-order chi connectivity index (χ1) is 21.6. The van der Waals surface area contributed by atoms with Gasteiger partial charge in [-0.25, -0.2) is 0 Å². The van der Waals surface area contributed by atoms with Gasteiger partial charge in [-0.1, -0.05) is 11.6 Å². The van der Waals surface area contributed by atoms with E-state index < -0.39 is 35.5 Å². The number of fused-ring (bicyclic) bond motifs is 4. The number of hydrogen-bond acceptors (Lipinski definition) is 7. The van der Waals surface area contributed by atoms with E-state index in [0.29, 0.717) is 23.4 Å². The number of methoxy groups -OCH3 is 2. The molecule has 0 unspecified atom stereocenters. The van der Waals surface area contributed by atoms with Gasteiger partial charge in [0.1, 0.15) is 0 Å². The number of halogens is 2. The molecule has 0 aromatic heterocycles. The Kier molecular flexibility index (Phi) is 7.66. The molecule has 4 amide bonds. The molecular weight excluding hydrogens is 802 g/mol. The minimum atomic E-state index is -0.755. The van der Waals surface area contributed by atoms with Crippen LogP contribution >= 0.6 is 45.2 Å². The molecule has 3 aromatic rings. The molecule has 2 heterocycles. The Morgan fingerprint density at radius 3 is 1.69 bits per heavy atom. The fourth-order valence-electron chi connectivity index (χ4n) is 7.75. The van der Waals surface area contributed by atoms with Crippen LogP contribution in [-0.2, 0) is 19.2 Å². The summed E-state index contributed by atoms with van der Waals surface area (Å²) in [6.45, 7) is 0. The zero-order chi connectivity index (χ0) is 31.7. The Labute approximate surface area is 286 Å².